The van der Waals surface area contributed by atoms with Crippen molar-refractivity contribution in [3.63, 3.8) is 0 Å². The molecule has 2 saturated heterocycles. The summed E-state index contributed by atoms with van der Waals surface area (Å²) in [6.07, 6.45) is 3.55. The van der Waals surface area contributed by atoms with Crippen LogP contribution in [0.5, 0.6) is 0 Å². The lowest BCUT2D eigenvalue weighted by atomic mass is 9.87. The molecule has 74 valence electrons. The minimum absolute atomic E-state index is 0.113. The molecule has 13 heavy (non-hydrogen) atoms. The summed E-state index contributed by atoms with van der Waals surface area (Å²) >= 11 is 0. The SMILES string of the molecule is C=C1C[C@]2(C)CC[C@@]1([Si](C)(C)C)O2. The quantitative estimate of drug-likeness (QED) is 0.462. The van der Waals surface area contributed by atoms with Gasteiger partial charge in [0.1, 0.15) is 0 Å². The van der Waals surface area contributed by atoms with Gasteiger partial charge >= 0.3 is 0 Å². The van der Waals surface area contributed by atoms with E-state index in [1.165, 1.54) is 18.4 Å². The maximum absolute atomic E-state index is 6.29. The van der Waals surface area contributed by atoms with Crippen molar-refractivity contribution < 1.29 is 4.74 Å². The molecule has 0 unspecified atom stereocenters. The molecule has 1 nitrogen and oxygen atoms in total. The Kier molecular flexibility index (Phi) is 1.67. The van der Waals surface area contributed by atoms with E-state index in [4.69, 9.17) is 4.74 Å². The molecule has 0 aromatic heterocycles. The smallest absolute Gasteiger partial charge is 0.0877 e. The molecule has 2 bridgehead atoms. The Balaban J connectivity index is 2.40. The minimum Gasteiger partial charge on any atom is -0.368 e. The third-order valence-corrected chi connectivity index (χ3v) is 6.93. The van der Waals surface area contributed by atoms with E-state index in [9.17, 15) is 0 Å². The van der Waals surface area contributed by atoms with E-state index in [1.54, 1.807) is 0 Å². The van der Waals surface area contributed by atoms with Crippen LogP contribution in [0.3, 0.4) is 0 Å². The zero-order chi connectivity index (χ0) is 9.91. The van der Waals surface area contributed by atoms with Crippen LogP contribution in [-0.2, 0) is 4.74 Å². The highest BCUT2D eigenvalue weighted by atomic mass is 28.3. The van der Waals surface area contributed by atoms with Crippen molar-refractivity contribution >= 4 is 8.07 Å². The summed E-state index contributed by atoms with van der Waals surface area (Å²) in [7, 11) is -1.26. The Morgan fingerprint density at radius 3 is 2.15 bits per heavy atom. The molecule has 0 spiro atoms. The largest absolute Gasteiger partial charge is 0.368 e. The first-order chi connectivity index (χ1) is 5.79. The molecule has 0 amide bonds. The maximum Gasteiger partial charge on any atom is 0.0877 e. The Morgan fingerprint density at radius 2 is 1.92 bits per heavy atom. The van der Waals surface area contributed by atoms with Gasteiger partial charge in [0.2, 0.25) is 0 Å². The number of ether oxygens (including phenoxy) is 1. The van der Waals surface area contributed by atoms with Crippen molar-refractivity contribution in [2.75, 3.05) is 0 Å². The summed E-state index contributed by atoms with van der Waals surface area (Å²) in [4.78, 5) is 0. The predicted octanol–water partition coefficient (Wildman–Crippen LogP) is 3.13. The number of hydrogen-bond acceptors (Lipinski definition) is 1. The number of rotatable bonds is 1. The normalized spacial score (nSPS) is 44.5. The van der Waals surface area contributed by atoms with E-state index < -0.39 is 8.07 Å². The molecule has 2 fully saturated rings. The molecule has 0 saturated carbocycles. The van der Waals surface area contributed by atoms with E-state index in [1.807, 2.05) is 0 Å². The van der Waals surface area contributed by atoms with Crippen LogP contribution in [0.15, 0.2) is 12.2 Å². The van der Waals surface area contributed by atoms with Crippen molar-refractivity contribution in [2.45, 2.75) is 56.7 Å². The highest BCUT2D eigenvalue weighted by molar-refractivity contribution is 6.79. The topological polar surface area (TPSA) is 9.23 Å². The van der Waals surface area contributed by atoms with Crippen LogP contribution < -0.4 is 0 Å². The molecular weight excluding hydrogens is 176 g/mol. The van der Waals surface area contributed by atoms with Gasteiger partial charge in [0, 0.05) is 0 Å². The number of fused-ring (bicyclic) bond motifs is 2. The van der Waals surface area contributed by atoms with E-state index in [-0.39, 0.29) is 10.8 Å². The summed E-state index contributed by atoms with van der Waals surface area (Å²) in [5, 5.41) is 0.113. The van der Waals surface area contributed by atoms with Crippen molar-refractivity contribution in [3.8, 4) is 0 Å². The average molecular weight is 196 g/mol. The number of hydrogen-bond donors (Lipinski definition) is 0. The fourth-order valence-electron chi connectivity index (χ4n) is 2.99. The Morgan fingerprint density at radius 1 is 1.31 bits per heavy atom. The van der Waals surface area contributed by atoms with Crippen molar-refractivity contribution in [1.82, 2.24) is 0 Å². The lowest BCUT2D eigenvalue weighted by molar-refractivity contribution is 0.00634. The summed E-state index contributed by atoms with van der Waals surface area (Å²) in [5.41, 5.74) is 1.51. The second-order valence-electron chi connectivity index (χ2n) is 5.91. The van der Waals surface area contributed by atoms with Gasteiger partial charge in [0.15, 0.2) is 0 Å². The Labute approximate surface area is 82.2 Å². The van der Waals surface area contributed by atoms with Gasteiger partial charge in [0.25, 0.3) is 0 Å². The zero-order valence-corrected chi connectivity index (χ0v) is 10.2. The van der Waals surface area contributed by atoms with Gasteiger partial charge in [0.05, 0.1) is 18.9 Å². The van der Waals surface area contributed by atoms with Crippen LogP contribution in [0.2, 0.25) is 19.6 Å². The summed E-state index contributed by atoms with van der Waals surface area (Å²) in [6.45, 7) is 13.7. The standard InChI is InChI=1S/C11H20OSi/c1-9-8-10(2)6-7-11(9,12-10)13(3,4)5/h1,6-8H2,2-5H3/t10-,11-/m0/s1. The Bertz CT molecular complexity index is 266. The van der Waals surface area contributed by atoms with Gasteiger partial charge in [-0.1, -0.05) is 26.2 Å². The van der Waals surface area contributed by atoms with Crippen LogP contribution in [0.1, 0.15) is 26.2 Å². The molecule has 0 aromatic carbocycles. The van der Waals surface area contributed by atoms with Crippen LogP contribution in [-0.4, -0.2) is 18.9 Å². The molecule has 2 heterocycles. The lowest BCUT2D eigenvalue weighted by Crippen LogP contribution is -2.51. The highest BCUT2D eigenvalue weighted by Crippen LogP contribution is 2.56. The molecule has 2 heteroatoms. The van der Waals surface area contributed by atoms with Gasteiger partial charge in [-0.3, -0.25) is 0 Å². The lowest BCUT2D eigenvalue weighted by Gasteiger charge is -2.38. The monoisotopic (exact) mass is 196 g/mol. The molecule has 0 aliphatic carbocycles. The Hall–Kier alpha value is -0.0831. The van der Waals surface area contributed by atoms with Gasteiger partial charge < -0.3 is 4.74 Å². The van der Waals surface area contributed by atoms with E-state index >= 15 is 0 Å². The predicted molar refractivity (Wildman–Crippen MR) is 58.6 cm³/mol. The van der Waals surface area contributed by atoms with Gasteiger partial charge in [-0.25, -0.2) is 0 Å². The molecule has 2 rings (SSSR count). The third-order valence-electron chi connectivity index (χ3n) is 3.80. The minimum atomic E-state index is -1.26. The van der Waals surface area contributed by atoms with Crippen LogP contribution in [0.4, 0.5) is 0 Å². The molecule has 2 atom stereocenters. The third kappa shape index (κ3) is 1.08. The van der Waals surface area contributed by atoms with E-state index in [0.29, 0.717) is 0 Å². The van der Waals surface area contributed by atoms with Crippen LogP contribution in [0.25, 0.3) is 0 Å². The molecule has 0 radical (unpaired) electrons. The first-order valence-electron chi connectivity index (χ1n) is 5.18. The molecule has 2 aliphatic rings. The maximum atomic E-state index is 6.29. The van der Waals surface area contributed by atoms with Crippen LogP contribution >= 0.6 is 0 Å². The van der Waals surface area contributed by atoms with Crippen molar-refractivity contribution in [2.24, 2.45) is 0 Å². The second kappa shape index (κ2) is 2.29. The van der Waals surface area contributed by atoms with Crippen molar-refractivity contribution in [1.29, 1.82) is 0 Å². The molecular formula is C11H20OSi. The first-order valence-corrected chi connectivity index (χ1v) is 8.68. The summed E-state index contributed by atoms with van der Waals surface area (Å²) < 4.78 is 6.29. The van der Waals surface area contributed by atoms with Crippen LogP contribution in [0, 0.1) is 0 Å². The summed E-state index contributed by atoms with van der Waals surface area (Å²) in [5.74, 6) is 0. The van der Waals surface area contributed by atoms with Gasteiger partial charge in [-0.05, 0) is 31.8 Å². The fraction of sp³-hybridized carbons (Fsp3) is 0.818. The molecule has 0 aromatic rings. The zero-order valence-electron chi connectivity index (χ0n) is 9.24. The van der Waals surface area contributed by atoms with E-state index in [2.05, 4.69) is 33.1 Å². The summed E-state index contributed by atoms with van der Waals surface area (Å²) in [6, 6.07) is 0. The average Bonchev–Trinajstić information content (AvgIpc) is 2.37. The highest BCUT2D eigenvalue weighted by Gasteiger charge is 2.60. The molecule has 2 aliphatic heterocycles. The van der Waals surface area contributed by atoms with Gasteiger partial charge in [-0.2, -0.15) is 0 Å². The molecule has 0 N–H and O–H groups in total. The first kappa shape index (κ1) is 9.47. The van der Waals surface area contributed by atoms with E-state index in [0.717, 1.165) is 6.42 Å². The van der Waals surface area contributed by atoms with Crippen molar-refractivity contribution in [3.05, 3.63) is 12.2 Å². The van der Waals surface area contributed by atoms with Gasteiger partial charge in [-0.15, -0.1) is 0 Å². The fourth-order valence-corrected chi connectivity index (χ4v) is 5.57. The second-order valence-corrected chi connectivity index (χ2v) is 11.2.